The van der Waals surface area contributed by atoms with E-state index in [0.29, 0.717) is 18.0 Å². The third-order valence-electron chi connectivity index (χ3n) is 3.55. The second kappa shape index (κ2) is 6.26. The van der Waals surface area contributed by atoms with Crippen LogP contribution >= 0.6 is 0 Å². The Kier molecular flexibility index (Phi) is 4.65. The maximum absolute atomic E-state index is 5.75. The van der Waals surface area contributed by atoms with Crippen molar-refractivity contribution in [1.82, 2.24) is 14.9 Å². The lowest BCUT2D eigenvalue weighted by Gasteiger charge is -2.27. The van der Waals surface area contributed by atoms with Gasteiger partial charge in [0.25, 0.3) is 0 Å². The Hall–Kier alpha value is -1.56. The van der Waals surface area contributed by atoms with Crippen LogP contribution in [-0.4, -0.2) is 47.2 Å². The van der Waals surface area contributed by atoms with Crippen molar-refractivity contribution >= 4 is 11.8 Å². The average molecular weight is 279 g/mol. The number of ether oxygens (including phenoxy) is 1. The van der Waals surface area contributed by atoms with Crippen LogP contribution < -0.4 is 15.8 Å². The van der Waals surface area contributed by atoms with Crippen molar-refractivity contribution in [2.75, 3.05) is 25.1 Å². The monoisotopic (exact) mass is 279 g/mol. The van der Waals surface area contributed by atoms with Crippen molar-refractivity contribution in [3.63, 3.8) is 0 Å². The first-order valence-electron chi connectivity index (χ1n) is 7.20. The van der Waals surface area contributed by atoms with E-state index in [2.05, 4.69) is 34.3 Å². The molecule has 0 aromatic carbocycles. The largest absolute Gasteiger partial charge is 0.475 e. The molecule has 1 aliphatic carbocycles. The standard InChI is InChI=1S/C14H25N5O/c1-9(2)20-13-8-12(17-14(15)18-13)16-10-6-5-7-11(10)19(3)4/h8-11H,5-7H2,1-4H3,(H3,15,16,17,18)/t10-,11-/m1/s1. The number of hydrogen-bond donors (Lipinski definition) is 2. The van der Waals surface area contributed by atoms with Crippen molar-refractivity contribution in [1.29, 1.82) is 0 Å². The van der Waals surface area contributed by atoms with Gasteiger partial charge in [0.05, 0.1) is 6.10 Å². The van der Waals surface area contributed by atoms with Crippen molar-refractivity contribution in [3.05, 3.63) is 6.07 Å². The number of nitrogens with two attached hydrogens (primary N) is 1. The summed E-state index contributed by atoms with van der Waals surface area (Å²) in [7, 11) is 4.23. The van der Waals surface area contributed by atoms with E-state index in [1.54, 1.807) is 0 Å². The van der Waals surface area contributed by atoms with E-state index in [9.17, 15) is 0 Å². The molecule has 1 aromatic rings. The zero-order valence-corrected chi connectivity index (χ0v) is 12.8. The number of likely N-dealkylation sites (N-methyl/N-ethyl adjacent to an activating group) is 1. The number of hydrogen-bond acceptors (Lipinski definition) is 6. The second-order valence-corrected chi connectivity index (χ2v) is 5.83. The minimum absolute atomic E-state index is 0.0677. The molecular formula is C14H25N5O. The number of nitrogens with one attached hydrogen (secondary N) is 1. The van der Waals surface area contributed by atoms with Gasteiger partial charge in [0.15, 0.2) is 0 Å². The van der Waals surface area contributed by atoms with Crippen LogP contribution in [0.1, 0.15) is 33.1 Å². The van der Waals surface area contributed by atoms with Crippen LogP contribution in [0, 0.1) is 0 Å². The van der Waals surface area contributed by atoms with Crippen molar-refractivity contribution in [3.8, 4) is 5.88 Å². The van der Waals surface area contributed by atoms with E-state index in [1.165, 1.54) is 12.8 Å². The summed E-state index contributed by atoms with van der Waals surface area (Å²) in [5.41, 5.74) is 5.75. The van der Waals surface area contributed by atoms with E-state index < -0.39 is 0 Å². The molecule has 1 fully saturated rings. The highest BCUT2D eigenvalue weighted by molar-refractivity contribution is 5.44. The van der Waals surface area contributed by atoms with Gasteiger partial charge in [0, 0.05) is 18.2 Å². The smallest absolute Gasteiger partial charge is 0.225 e. The average Bonchev–Trinajstić information content (AvgIpc) is 2.75. The molecule has 0 unspecified atom stereocenters. The molecular weight excluding hydrogens is 254 g/mol. The third kappa shape index (κ3) is 3.72. The van der Waals surface area contributed by atoms with Gasteiger partial charge in [0.2, 0.25) is 11.8 Å². The first-order valence-corrected chi connectivity index (χ1v) is 7.20. The fourth-order valence-corrected chi connectivity index (χ4v) is 2.74. The summed E-state index contributed by atoms with van der Waals surface area (Å²) in [6, 6.07) is 2.74. The maximum Gasteiger partial charge on any atom is 0.225 e. The maximum atomic E-state index is 5.75. The van der Waals surface area contributed by atoms with E-state index in [-0.39, 0.29) is 12.1 Å². The first kappa shape index (κ1) is 14.8. The summed E-state index contributed by atoms with van der Waals surface area (Å²) < 4.78 is 5.59. The van der Waals surface area contributed by atoms with Gasteiger partial charge in [-0.15, -0.1) is 0 Å². The molecule has 0 bridgehead atoms. The van der Waals surface area contributed by atoms with Crippen LogP contribution in [0.4, 0.5) is 11.8 Å². The van der Waals surface area contributed by atoms with E-state index in [4.69, 9.17) is 10.5 Å². The van der Waals surface area contributed by atoms with Gasteiger partial charge in [-0.25, -0.2) is 0 Å². The zero-order chi connectivity index (χ0) is 14.7. The van der Waals surface area contributed by atoms with Crippen LogP contribution in [-0.2, 0) is 0 Å². The fraction of sp³-hybridized carbons (Fsp3) is 0.714. The van der Waals surface area contributed by atoms with E-state index in [1.807, 2.05) is 19.9 Å². The summed E-state index contributed by atoms with van der Waals surface area (Å²) >= 11 is 0. The number of nitrogens with zero attached hydrogens (tertiary/aromatic N) is 3. The topological polar surface area (TPSA) is 76.3 Å². The van der Waals surface area contributed by atoms with Gasteiger partial charge in [0.1, 0.15) is 5.82 Å². The molecule has 6 heteroatoms. The van der Waals surface area contributed by atoms with E-state index in [0.717, 1.165) is 12.2 Å². The Morgan fingerprint density at radius 1 is 1.35 bits per heavy atom. The molecule has 2 rings (SSSR count). The Labute approximate surface area is 120 Å². The Morgan fingerprint density at radius 2 is 2.10 bits per heavy atom. The minimum Gasteiger partial charge on any atom is -0.475 e. The van der Waals surface area contributed by atoms with Crippen LogP contribution in [0.3, 0.4) is 0 Å². The molecule has 2 atom stereocenters. The summed E-state index contributed by atoms with van der Waals surface area (Å²) in [6.45, 7) is 3.93. The molecule has 1 aliphatic rings. The van der Waals surface area contributed by atoms with Crippen LogP contribution in [0.5, 0.6) is 5.88 Å². The highest BCUT2D eigenvalue weighted by Crippen LogP contribution is 2.26. The highest BCUT2D eigenvalue weighted by atomic mass is 16.5. The van der Waals surface area contributed by atoms with Gasteiger partial charge >= 0.3 is 0 Å². The van der Waals surface area contributed by atoms with Crippen LogP contribution in [0.15, 0.2) is 6.07 Å². The number of anilines is 2. The van der Waals surface area contributed by atoms with Crippen LogP contribution in [0.2, 0.25) is 0 Å². The molecule has 1 aromatic heterocycles. The lowest BCUT2D eigenvalue weighted by atomic mass is 10.1. The number of nitrogen functional groups attached to an aromatic ring is 1. The lowest BCUT2D eigenvalue weighted by Crippen LogP contribution is -2.39. The Balaban J connectivity index is 2.10. The Bertz CT molecular complexity index is 449. The molecule has 0 saturated heterocycles. The molecule has 1 saturated carbocycles. The van der Waals surface area contributed by atoms with Gasteiger partial charge < -0.3 is 20.7 Å². The number of rotatable bonds is 5. The van der Waals surface area contributed by atoms with Gasteiger partial charge in [-0.05, 0) is 47.2 Å². The number of aromatic nitrogens is 2. The highest BCUT2D eigenvalue weighted by Gasteiger charge is 2.29. The van der Waals surface area contributed by atoms with Gasteiger partial charge in [-0.1, -0.05) is 0 Å². The van der Waals surface area contributed by atoms with Crippen molar-refractivity contribution < 1.29 is 4.74 Å². The van der Waals surface area contributed by atoms with Gasteiger partial charge in [-0.2, -0.15) is 9.97 Å². The quantitative estimate of drug-likeness (QED) is 0.855. The molecule has 1 heterocycles. The fourth-order valence-electron chi connectivity index (χ4n) is 2.74. The normalized spacial score (nSPS) is 22.5. The molecule has 0 amide bonds. The molecule has 0 spiro atoms. The second-order valence-electron chi connectivity index (χ2n) is 5.83. The van der Waals surface area contributed by atoms with E-state index >= 15 is 0 Å². The summed E-state index contributed by atoms with van der Waals surface area (Å²) in [6.07, 6.45) is 3.66. The van der Waals surface area contributed by atoms with Crippen LogP contribution in [0.25, 0.3) is 0 Å². The predicted molar refractivity (Wildman–Crippen MR) is 80.9 cm³/mol. The summed E-state index contributed by atoms with van der Waals surface area (Å²) in [5, 5.41) is 3.47. The molecule has 0 aliphatic heterocycles. The summed E-state index contributed by atoms with van der Waals surface area (Å²) in [4.78, 5) is 10.6. The third-order valence-corrected chi connectivity index (χ3v) is 3.55. The van der Waals surface area contributed by atoms with Gasteiger partial charge in [-0.3, -0.25) is 0 Å². The molecule has 3 N–H and O–H groups in total. The molecule has 112 valence electrons. The molecule has 6 nitrogen and oxygen atoms in total. The minimum atomic E-state index is 0.0677. The first-order chi connectivity index (χ1) is 9.45. The summed E-state index contributed by atoms with van der Waals surface area (Å²) in [5.74, 6) is 1.51. The predicted octanol–water partition coefficient (Wildman–Crippen LogP) is 1.74. The lowest BCUT2D eigenvalue weighted by molar-refractivity contribution is 0.232. The van der Waals surface area contributed by atoms with Crippen molar-refractivity contribution in [2.45, 2.75) is 51.3 Å². The zero-order valence-electron chi connectivity index (χ0n) is 12.8. The molecule has 20 heavy (non-hydrogen) atoms. The van der Waals surface area contributed by atoms with Crippen molar-refractivity contribution in [2.24, 2.45) is 0 Å². The molecule has 0 radical (unpaired) electrons. The Morgan fingerprint density at radius 3 is 2.75 bits per heavy atom. The SMILES string of the molecule is CC(C)Oc1cc(N[C@@H]2CCC[C@H]2N(C)C)nc(N)n1.